The summed E-state index contributed by atoms with van der Waals surface area (Å²) in [6.07, 6.45) is 7.50. The van der Waals surface area contributed by atoms with Gasteiger partial charge in [-0.1, -0.05) is 56.2 Å². The number of hydrogen-bond donors (Lipinski definition) is 1. The molecule has 3 heteroatoms. The van der Waals surface area contributed by atoms with E-state index < -0.39 is 0 Å². The topological polar surface area (TPSA) is 42.1 Å². The van der Waals surface area contributed by atoms with Gasteiger partial charge in [-0.25, -0.2) is 4.98 Å². The Morgan fingerprint density at radius 1 is 1.12 bits per heavy atom. The molecule has 3 nitrogen and oxygen atoms in total. The van der Waals surface area contributed by atoms with E-state index in [9.17, 15) is 0 Å². The highest BCUT2D eigenvalue weighted by molar-refractivity contribution is 5.45. The number of likely N-dealkylation sites (N-methyl/N-ethyl adjacent to an activating group) is 1. The van der Waals surface area contributed by atoms with E-state index in [4.69, 9.17) is 5.73 Å². The lowest BCUT2D eigenvalue weighted by Gasteiger charge is -2.15. The number of aromatic nitrogens is 1. The summed E-state index contributed by atoms with van der Waals surface area (Å²) in [6, 6.07) is 11.2. The van der Waals surface area contributed by atoms with Crippen LogP contribution in [-0.2, 0) is 19.4 Å². The largest absolute Gasteiger partial charge is 0.383 e. The molecule has 0 atom stereocenters. The van der Waals surface area contributed by atoms with E-state index in [0.717, 1.165) is 31.6 Å². The number of nitrogen functional groups attached to an aromatic ring is 1. The smallest absolute Gasteiger partial charge is 0.126 e. The number of hydrogen-bond acceptors (Lipinski definition) is 3. The van der Waals surface area contributed by atoms with Crippen LogP contribution >= 0.6 is 0 Å². The Kier molecular flexibility index (Phi) is 7.86. The molecule has 0 spiro atoms. The third-order valence-corrected chi connectivity index (χ3v) is 4.79. The number of aryl methyl sites for hydroxylation is 2. The van der Waals surface area contributed by atoms with Gasteiger partial charge in [-0.05, 0) is 55.5 Å². The highest BCUT2D eigenvalue weighted by atomic mass is 15.1. The van der Waals surface area contributed by atoms with Crippen LogP contribution in [0.2, 0.25) is 0 Å². The Morgan fingerprint density at radius 2 is 1.81 bits per heavy atom. The lowest BCUT2D eigenvalue weighted by atomic mass is 9.99. The molecule has 2 N–H and O–H groups in total. The first-order valence-electron chi connectivity index (χ1n) is 9.65. The SMILES string of the molecule is C=CCN(C)Cc1ccc(Cc2cc(CCCCC)c(N)nc2C)cc1. The number of rotatable bonds is 10. The van der Waals surface area contributed by atoms with Gasteiger partial charge in [-0.15, -0.1) is 6.58 Å². The molecule has 0 fully saturated rings. The minimum absolute atomic E-state index is 0.697. The summed E-state index contributed by atoms with van der Waals surface area (Å²) in [6.45, 7) is 9.91. The highest BCUT2D eigenvalue weighted by Crippen LogP contribution is 2.20. The van der Waals surface area contributed by atoms with Crippen LogP contribution in [-0.4, -0.2) is 23.5 Å². The molecule has 140 valence electrons. The van der Waals surface area contributed by atoms with E-state index in [1.165, 1.54) is 41.5 Å². The number of nitrogens with two attached hydrogens (primary N) is 1. The summed E-state index contributed by atoms with van der Waals surface area (Å²) >= 11 is 0. The van der Waals surface area contributed by atoms with Crippen molar-refractivity contribution in [3.05, 3.63) is 70.9 Å². The lowest BCUT2D eigenvalue weighted by molar-refractivity contribution is 0.363. The number of anilines is 1. The maximum atomic E-state index is 6.13. The van der Waals surface area contributed by atoms with Crippen LogP contribution in [0, 0.1) is 6.92 Å². The summed E-state index contributed by atoms with van der Waals surface area (Å²) in [5.74, 6) is 0.697. The zero-order chi connectivity index (χ0) is 18.9. The van der Waals surface area contributed by atoms with Crippen molar-refractivity contribution in [1.82, 2.24) is 9.88 Å². The lowest BCUT2D eigenvalue weighted by Crippen LogP contribution is -2.17. The van der Waals surface area contributed by atoms with Gasteiger partial charge in [0, 0.05) is 18.8 Å². The average molecular weight is 352 g/mol. The molecule has 2 rings (SSSR count). The molecule has 0 aliphatic carbocycles. The Labute approximate surface area is 158 Å². The molecule has 0 radical (unpaired) electrons. The van der Waals surface area contributed by atoms with Gasteiger partial charge >= 0.3 is 0 Å². The van der Waals surface area contributed by atoms with Gasteiger partial charge in [0.15, 0.2) is 0 Å². The number of nitrogens with zero attached hydrogens (tertiary/aromatic N) is 2. The predicted octanol–water partition coefficient (Wildman–Crippen LogP) is 4.91. The van der Waals surface area contributed by atoms with Crippen LogP contribution in [0.5, 0.6) is 0 Å². The van der Waals surface area contributed by atoms with Gasteiger partial charge in [0.05, 0.1) is 0 Å². The van der Waals surface area contributed by atoms with Crippen LogP contribution in [0.3, 0.4) is 0 Å². The molecule has 1 aromatic carbocycles. The van der Waals surface area contributed by atoms with Gasteiger partial charge in [-0.3, -0.25) is 4.90 Å². The second-order valence-corrected chi connectivity index (χ2v) is 7.21. The fourth-order valence-electron chi connectivity index (χ4n) is 3.24. The second-order valence-electron chi connectivity index (χ2n) is 7.21. The van der Waals surface area contributed by atoms with Crippen molar-refractivity contribution in [1.29, 1.82) is 0 Å². The molecule has 1 aromatic heterocycles. The van der Waals surface area contributed by atoms with Gasteiger partial charge in [0.2, 0.25) is 0 Å². The van der Waals surface area contributed by atoms with Crippen molar-refractivity contribution in [2.45, 2.75) is 52.5 Å². The minimum atomic E-state index is 0.697. The standard InChI is InChI=1S/C23H33N3/c1-5-7-8-9-21-16-22(18(3)25-23(21)24)15-19-10-12-20(13-11-19)17-26(4)14-6-2/h6,10-13,16H,2,5,7-9,14-15,17H2,1,3-4H3,(H2,24,25). The zero-order valence-electron chi connectivity index (χ0n) is 16.6. The van der Waals surface area contributed by atoms with E-state index in [-0.39, 0.29) is 0 Å². The van der Waals surface area contributed by atoms with Gasteiger partial charge < -0.3 is 5.73 Å². The van der Waals surface area contributed by atoms with Gasteiger partial charge in [-0.2, -0.15) is 0 Å². The van der Waals surface area contributed by atoms with Crippen molar-refractivity contribution in [3.8, 4) is 0 Å². The first-order valence-corrected chi connectivity index (χ1v) is 9.65. The average Bonchev–Trinajstić information content (AvgIpc) is 2.60. The van der Waals surface area contributed by atoms with Crippen molar-refractivity contribution >= 4 is 5.82 Å². The minimum Gasteiger partial charge on any atom is -0.383 e. The first-order chi connectivity index (χ1) is 12.5. The van der Waals surface area contributed by atoms with Crippen LogP contribution in [0.1, 0.15) is 54.1 Å². The number of benzene rings is 1. The van der Waals surface area contributed by atoms with Gasteiger partial charge in [0.25, 0.3) is 0 Å². The zero-order valence-corrected chi connectivity index (χ0v) is 16.6. The van der Waals surface area contributed by atoms with Gasteiger partial charge in [0.1, 0.15) is 5.82 Å². The van der Waals surface area contributed by atoms with E-state index in [1.54, 1.807) is 0 Å². The quantitative estimate of drug-likeness (QED) is 0.488. The van der Waals surface area contributed by atoms with E-state index in [2.05, 4.69) is 67.7 Å². The third kappa shape index (κ3) is 5.99. The molecule has 0 aliphatic rings. The molecule has 0 saturated heterocycles. The Bertz CT molecular complexity index is 704. The monoisotopic (exact) mass is 351 g/mol. The van der Waals surface area contributed by atoms with E-state index in [0.29, 0.717) is 5.82 Å². The predicted molar refractivity (Wildman–Crippen MR) is 112 cm³/mol. The van der Waals surface area contributed by atoms with Crippen LogP contribution < -0.4 is 5.73 Å². The molecule has 0 aliphatic heterocycles. The molecule has 0 saturated carbocycles. The summed E-state index contributed by atoms with van der Waals surface area (Å²) < 4.78 is 0. The molecule has 0 amide bonds. The number of pyridine rings is 1. The third-order valence-electron chi connectivity index (χ3n) is 4.79. The van der Waals surface area contributed by atoms with Crippen molar-refractivity contribution < 1.29 is 0 Å². The summed E-state index contributed by atoms with van der Waals surface area (Å²) in [5.41, 5.74) is 12.3. The summed E-state index contributed by atoms with van der Waals surface area (Å²) in [4.78, 5) is 6.84. The Hall–Kier alpha value is -2.13. The fraction of sp³-hybridized carbons (Fsp3) is 0.435. The molecule has 1 heterocycles. The second kappa shape index (κ2) is 10.1. The fourth-order valence-corrected chi connectivity index (χ4v) is 3.24. The maximum Gasteiger partial charge on any atom is 0.126 e. The summed E-state index contributed by atoms with van der Waals surface area (Å²) in [5, 5.41) is 0. The van der Waals surface area contributed by atoms with Crippen molar-refractivity contribution in [3.63, 3.8) is 0 Å². The maximum absolute atomic E-state index is 6.13. The Morgan fingerprint density at radius 3 is 2.46 bits per heavy atom. The molecular weight excluding hydrogens is 318 g/mol. The van der Waals surface area contributed by atoms with Crippen molar-refractivity contribution in [2.24, 2.45) is 0 Å². The van der Waals surface area contributed by atoms with Crippen LogP contribution in [0.25, 0.3) is 0 Å². The highest BCUT2D eigenvalue weighted by Gasteiger charge is 2.08. The Balaban J connectivity index is 2.07. The first kappa shape index (κ1) is 20.2. The molecule has 0 unspecified atom stereocenters. The van der Waals surface area contributed by atoms with Crippen LogP contribution in [0.15, 0.2) is 43.0 Å². The number of unbranched alkanes of at least 4 members (excludes halogenated alkanes) is 2. The van der Waals surface area contributed by atoms with Crippen molar-refractivity contribution in [2.75, 3.05) is 19.3 Å². The molecular formula is C23H33N3. The van der Waals surface area contributed by atoms with Crippen LogP contribution in [0.4, 0.5) is 5.82 Å². The van der Waals surface area contributed by atoms with E-state index in [1.807, 2.05) is 6.08 Å². The molecule has 26 heavy (non-hydrogen) atoms. The normalized spacial score (nSPS) is 11.1. The molecule has 2 aromatic rings. The summed E-state index contributed by atoms with van der Waals surface area (Å²) in [7, 11) is 2.11. The van der Waals surface area contributed by atoms with E-state index >= 15 is 0 Å². The molecule has 0 bridgehead atoms.